The van der Waals surface area contributed by atoms with Crippen LogP contribution in [-0.2, 0) is 0 Å². The molecule has 0 radical (unpaired) electrons. The zero-order valence-electron chi connectivity index (χ0n) is 9.22. The zero-order chi connectivity index (χ0) is 12.0. The molecule has 0 bridgehead atoms. The molecule has 0 saturated heterocycles. The fourth-order valence-corrected chi connectivity index (χ4v) is 2.32. The third-order valence-corrected chi connectivity index (χ3v) is 3.51. The average molecular weight is 232 g/mol. The Bertz CT molecular complexity index is 473. The van der Waals surface area contributed by atoms with Crippen LogP contribution < -0.4 is 0 Å². The van der Waals surface area contributed by atoms with E-state index in [1.807, 2.05) is 0 Å². The van der Waals surface area contributed by atoms with E-state index in [2.05, 4.69) is 4.98 Å². The molecule has 3 rings (SSSR count). The summed E-state index contributed by atoms with van der Waals surface area (Å²) in [4.78, 5) is 28.9. The Morgan fingerprint density at radius 1 is 1.29 bits per heavy atom. The van der Waals surface area contributed by atoms with E-state index in [9.17, 15) is 14.7 Å². The highest BCUT2D eigenvalue weighted by Gasteiger charge is 2.43. The van der Waals surface area contributed by atoms with Crippen LogP contribution in [0.4, 0.5) is 0 Å². The van der Waals surface area contributed by atoms with Gasteiger partial charge in [-0.05, 0) is 25.3 Å². The van der Waals surface area contributed by atoms with Gasteiger partial charge in [-0.2, -0.15) is 0 Å². The fourth-order valence-electron chi connectivity index (χ4n) is 2.32. The predicted molar refractivity (Wildman–Crippen MR) is 58.4 cm³/mol. The molecule has 1 aromatic heterocycles. The van der Waals surface area contributed by atoms with E-state index in [1.165, 1.54) is 12.4 Å². The second-order valence-electron chi connectivity index (χ2n) is 4.70. The van der Waals surface area contributed by atoms with Gasteiger partial charge in [0, 0.05) is 12.4 Å². The van der Waals surface area contributed by atoms with Crippen molar-refractivity contribution in [3.05, 3.63) is 29.6 Å². The van der Waals surface area contributed by atoms with Crippen LogP contribution >= 0.6 is 0 Å². The van der Waals surface area contributed by atoms with Gasteiger partial charge in [-0.1, -0.05) is 0 Å². The highest BCUT2D eigenvalue weighted by atomic mass is 16.3. The molecule has 88 valence electrons. The molecular weight excluding hydrogens is 220 g/mol. The Morgan fingerprint density at radius 2 is 2.00 bits per heavy atom. The molecule has 0 atom stereocenters. The second kappa shape index (κ2) is 3.37. The maximum Gasteiger partial charge on any atom is 0.263 e. The number of nitrogens with zero attached hydrogens (tertiary/aromatic N) is 2. The van der Waals surface area contributed by atoms with Gasteiger partial charge < -0.3 is 5.11 Å². The molecule has 2 amide bonds. The number of hydrogen-bond donors (Lipinski definition) is 1. The average Bonchev–Trinajstić information content (AvgIpc) is 2.53. The lowest BCUT2D eigenvalue weighted by molar-refractivity contribution is -0.0486. The monoisotopic (exact) mass is 232 g/mol. The molecule has 5 nitrogen and oxygen atoms in total. The first-order valence-electron chi connectivity index (χ1n) is 5.63. The molecule has 0 spiro atoms. The summed E-state index contributed by atoms with van der Waals surface area (Å²) in [5, 5.41) is 10.0. The van der Waals surface area contributed by atoms with Gasteiger partial charge in [0.25, 0.3) is 11.8 Å². The maximum absolute atomic E-state index is 12.0. The minimum Gasteiger partial charge on any atom is -0.388 e. The smallest absolute Gasteiger partial charge is 0.263 e. The summed E-state index contributed by atoms with van der Waals surface area (Å²) in [6.07, 6.45) is 5.14. The number of hydrogen-bond acceptors (Lipinski definition) is 4. The van der Waals surface area contributed by atoms with Gasteiger partial charge in [-0.3, -0.25) is 19.5 Å². The van der Waals surface area contributed by atoms with E-state index >= 15 is 0 Å². The fraction of sp³-hybridized carbons (Fsp3) is 0.417. The van der Waals surface area contributed by atoms with Gasteiger partial charge in [0.1, 0.15) is 0 Å². The van der Waals surface area contributed by atoms with Crippen molar-refractivity contribution in [3.63, 3.8) is 0 Å². The third kappa shape index (κ3) is 1.46. The zero-order valence-corrected chi connectivity index (χ0v) is 9.22. The van der Waals surface area contributed by atoms with Crippen LogP contribution in [0.25, 0.3) is 0 Å². The second-order valence-corrected chi connectivity index (χ2v) is 4.70. The summed E-state index contributed by atoms with van der Waals surface area (Å²) >= 11 is 0. The number of imide groups is 1. The number of β-amino-alcohol motifs (C(OH)–C–C–N with tert-alkyl or cyclic N) is 1. The first-order chi connectivity index (χ1) is 8.11. The molecule has 1 aliphatic carbocycles. The summed E-state index contributed by atoms with van der Waals surface area (Å²) in [6, 6.07) is 1.54. The maximum atomic E-state index is 12.0. The SMILES string of the molecule is O=C1c2ccncc2C(=O)N1CC1(O)CCC1. The van der Waals surface area contributed by atoms with E-state index in [-0.39, 0.29) is 18.4 Å². The van der Waals surface area contributed by atoms with E-state index in [0.717, 1.165) is 11.3 Å². The van der Waals surface area contributed by atoms with Gasteiger partial charge in [-0.25, -0.2) is 0 Å². The minimum atomic E-state index is -0.874. The van der Waals surface area contributed by atoms with Crippen LogP contribution in [-0.4, -0.2) is 39.0 Å². The number of aliphatic hydroxyl groups is 1. The molecule has 1 N–H and O–H groups in total. The van der Waals surface area contributed by atoms with E-state index < -0.39 is 5.60 Å². The number of aromatic nitrogens is 1. The Balaban J connectivity index is 1.90. The van der Waals surface area contributed by atoms with Crippen LogP contribution in [0.15, 0.2) is 18.5 Å². The van der Waals surface area contributed by atoms with Crippen molar-refractivity contribution in [2.24, 2.45) is 0 Å². The number of carbonyl (C=O) groups excluding carboxylic acids is 2. The van der Waals surface area contributed by atoms with Crippen molar-refractivity contribution >= 4 is 11.8 Å². The molecule has 5 heteroatoms. The molecule has 2 heterocycles. The molecule has 1 fully saturated rings. The molecule has 2 aliphatic rings. The first-order valence-corrected chi connectivity index (χ1v) is 5.63. The highest BCUT2D eigenvalue weighted by molar-refractivity contribution is 6.21. The largest absolute Gasteiger partial charge is 0.388 e. The summed E-state index contributed by atoms with van der Waals surface area (Å²) in [7, 11) is 0. The number of amides is 2. The van der Waals surface area contributed by atoms with Gasteiger partial charge in [0.05, 0.1) is 23.3 Å². The number of fused-ring (bicyclic) bond motifs is 1. The van der Waals surface area contributed by atoms with Gasteiger partial charge >= 0.3 is 0 Å². The van der Waals surface area contributed by atoms with E-state index in [0.29, 0.717) is 24.0 Å². The van der Waals surface area contributed by atoms with E-state index in [4.69, 9.17) is 0 Å². The van der Waals surface area contributed by atoms with Crippen molar-refractivity contribution < 1.29 is 14.7 Å². The third-order valence-electron chi connectivity index (χ3n) is 3.51. The standard InChI is InChI=1S/C12H12N2O3/c15-10-8-2-5-13-6-9(8)11(16)14(10)7-12(17)3-1-4-12/h2,5-6,17H,1,3-4,7H2. The summed E-state index contributed by atoms with van der Waals surface area (Å²) in [5.41, 5.74) is -0.158. The topological polar surface area (TPSA) is 70.5 Å². The van der Waals surface area contributed by atoms with Gasteiger partial charge in [0.2, 0.25) is 0 Å². The predicted octanol–water partition coefficient (Wildman–Crippen LogP) is 0.593. The number of rotatable bonds is 2. The Morgan fingerprint density at radius 3 is 2.59 bits per heavy atom. The Labute approximate surface area is 98.1 Å². The van der Waals surface area contributed by atoms with Crippen molar-refractivity contribution in [2.45, 2.75) is 24.9 Å². The lowest BCUT2D eigenvalue weighted by Gasteiger charge is -2.38. The number of pyridine rings is 1. The van der Waals surface area contributed by atoms with Crippen molar-refractivity contribution in [1.29, 1.82) is 0 Å². The molecule has 0 aromatic carbocycles. The summed E-state index contributed by atoms with van der Waals surface area (Å²) < 4.78 is 0. The molecule has 1 saturated carbocycles. The molecule has 1 aliphatic heterocycles. The molecule has 0 unspecified atom stereocenters. The normalized spacial score (nSPS) is 21.4. The summed E-state index contributed by atoms with van der Waals surface area (Å²) in [6.45, 7) is 0.0966. The molecule has 1 aromatic rings. The Hall–Kier alpha value is -1.75. The van der Waals surface area contributed by atoms with Crippen LogP contribution in [0.2, 0.25) is 0 Å². The summed E-state index contributed by atoms with van der Waals surface area (Å²) in [5.74, 6) is -0.675. The Kier molecular flexibility index (Phi) is 2.06. The van der Waals surface area contributed by atoms with Crippen molar-refractivity contribution in [2.75, 3.05) is 6.54 Å². The molecular formula is C12H12N2O3. The van der Waals surface area contributed by atoms with Gasteiger partial charge in [-0.15, -0.1) is 0 Å². The lowest BCUT2D eigenvalue weighted by Crippen LogP contribution is -2.49. The van der Waals surface area contributed by atoms with Crippen molar-refractivity contribution in [1.82, 2.24) is 9.88 Å². The lowest BCUT2D eigenvalue weighted by atomic mass is 9.80. The minimum absolute atomic E-state index is 0.0966. The van der Waals surface area contributed by atoms with Crippen LogP contribution in [0.1, 0.15) is 40.0 Å². The number of carbonyl (C=O) groups is 2. The first kappa shape index (κ1) is 10.4. The van der Waals surface area contributed by atoms with Crippen LogP contribution in [0.5, 0.6) is 0 Å². The van der Waals surface area contributed by atoms with E-state index in [1.54, 1.807) is 6.07 Å². The quantitative estimate of drug-likeness (QED) is 0.758. The van der Waals surface area contributed by atoms with Crippen molar-refractivity contribution in [3.8, 4) is 0 Å². The molecule has 17 heavy (non-hydrogen) atoms. The van der Waals surface area contributed by atoms with Crippen LogP contribution in [0.3, 0.4) is 0 Å². The highest BCUT2D eigenvalue weighted by Crippen LogP contribution is 2.34. The van der Waals surface area contributed by atoms with Gasteiger partial charge in [0.15, 0.2) is 0 Å². The van der Waals surface area contributed by atoms with Crippen LogP contribution in [0, 0.1) is 0 Å².